The minimum Gasteiger partial charge on any atom is -0.496 e. The van der Waals surface area contributed by atoms with Crippen LogP contribution in [0.2, 0.25) is 0 Å². The van der Waals surface area contributed by atoms with Crippen molar-refractivity contribution in [3.8, 4) is 5.75 Å². The summed E-state index contributed by atoms with van der Waals surface area (Å²) in [5, 5.41) is 1.08. The summed E-state index contributed by atoms with van der Waals surface area (Å²) in [6, 6.07) is 23.0. The standard InChI is InChI=1S/C27H25N3O3S/c1-33-24-15-7-3-10-20(24)17-30-26(32)21-12-4-5-13-22(21)28-27(30)34-18-25(31)29-16-8-11-19-9-2-6-14-23(19)29/h2-7,9-10,12-15H,8,11,16-18H2,1H3. The van der Waals surface area contributed by atoms with Gasteiger partial charge in [0.15, 0.2) is 5.16 Å². The molecule has 172 valence electrons. The van der Waals surface area contributed by atoms with E-state index in [4.69, 9.17) is 9.72 Å². The number of benzene rings is 3. The van der Waals surface area contributed by atoms with Gasteiger partial charge in [0.05, 0.1) is 30.3 Å². The van der Waals surface area contributed by atoms with Crippen LogP contribution >= 0.6 is 11.8 Å². The molecule has 6 nitrogen and oxygen atoms in total. The molecule has 5 rings (SSSR count). The average molecular weight is 472 g/mol. The van der Waals surface area contributed by atoms with E-state index < -0.39 is 0 Å². The van der Waals surface area contributed by atoms with Gasteiger partial charge in [-0.2, -0.15) is 0 Å². The molecule has 0 bridgehead atoms. The predicted octanol–water partition coefficient (Wildman–Crippen LogP) is 4.52. The lowest BCUT2D eigenvalue weighted by atomic mass is 10.0. The van der Waals surface area contributed by atoms with Crippen LogP contribution in [0.5, 0.6) is 5.75 Å². The molecule has 1 aliphatic heterocycles. The van der Waals surface area contributed by atoms with Crippen molar-refractivity contribution in [2.75, 3.05) is 24.3 Å². The Labute approximate surface area is 202 Å². The lowest BCUT2D eigenvalue weighted by Gasteiger charge is -2.29. The number of fused-ring (bicyclic) bond motifs is 2. The van der Waals surface area contributed by atoms with Crippen LogP contribution in [0.4, 0.5) is 5.69 Å². The first-order valence-electron chi connectivity index (χ1n) is 11.3. The van der Waals surface area contributed by atoms with E-state index in [1.54, 1.807) is 17.7 Å². The summed E-state index contributed by atoms with van der Waals surface area (Å²) >= 11 is 1.31. The normalized spacial score (nSPS) is 13.0. The minimum absolute atomic E-state index is 0.0170. The van der Waals surface area contributed by atoms with Crippen molar-refractivity contribution in [3.63, 3.8) is 0 Å². The van der Waals surface area contributed by atoms with E-state index in [-0.39, 0.29) is 17.2 Å². The molecule has 0 fully saturated rings. The maximum absolute atomic E-state index is 13.4. The fourth-order valence-corrected chi connectivity index (χ4v) is 5.27. The van der Waals surface area contributed by atoms with Gasteiger partial charge >= 0.3 is 0 Å². The van der Waals surface area contributed by atoms with Crippen molar-refractivity contribution in [3.05, 3.63) is 94.3 Å². The summed E-state index contributed by atoms with van der Waals surface area (Å²) in [6.45, 7) is 1.01. The molecule has 7 heteroatoms. The summed E-state index contributed by atoms with van der Waals surface area (Å²) in [7, 11) is 1.62. The molecule has 2 heterocycles. The number of nitrogens with zero attached hydrogens (tertiary/aromatic N) is 3. The van der Waals surface area contributed by atoms with Crippen molar-refractivity contribution < 1.29 is 9.53 Å². The molecule has 1 amide bonds. The lowest BCUT2D eigenvalue weighted by molar-refractivity contribution is -0.116. The molecule has 34 heavy (non-hydrogen) atoms. The first-order valence-corrected chi connectivity index (χ1v) is 12.3. The molecule has 0 N–H and O–H groups in total. The van der Waals surface area contributed by atoms with Crippen LogP contribution in [-0.2, 0) is 17.8 Å². The number of aromatic nitrogens is 2. The van der Waals surface area contributed by atoms with E-state index >= 15 is 0 Å². The summed E-state index contributed by atoms with van der Waals surface area (Å²) in [6.07, 6.45) is 1.93. The quantitative estimate of drug-likeness (QED) is 0.306. The number of para-hydroxylation sites is 3. The van der Waals surface area contributed by atoms with Crippen LogP contribution in [-0.4, -0.2) is 34.9 Å². The topological polar surface area (TPSA) is 64.4 Å². The van der Waals surface area contributed by atoms with Crippen molar-refractivity contribution in [2.45, 2.75) is 24.5 Å². The Morgan fingerprint density at radius 1 is 1.03 bits per heavy atom. The lowest BCUT2D eigenvalue weighted by Crippen LogP contribution is -2.36. The fraction of sp³-hybridized carbons (Fsp3) is 0.222. The molecular weight excluding hydrogens is 446 g/mol. The van der Waals surface area contributed by atoms with E-state index in [9.17, 15) is 9.59 Å². The number of aryl methyl sites for hydroxylation is 1. The largest absolute Gasteiger partial charge is 0.496 e. The van der Waals surface area contributed by atoms with Crippen LogP contribution in [0, 0.1) is 0 Å². The zero-order valence-corrected chi connectivity index (χ0v) is 19.8. The number of amides is 1. The molecule has 0 unspecified atom stereocenters. The predicted molar refractivity (Wildman–Crippen MR) is 136 cm³/mol. The Morgan fingerprint density at radius 3 is 2.68 bits per heavy atom. The van der Waals surface area contributed by atoms with Gasteiger partial charge in [-0.3, -0.25) is 14.2 Å². The van der Waals surface area contributed by atoms with Gasteiger partial charge in [-0.1, -0.05) is 60.3 Å². The second-order valence-electron chi connectivity index (χ2n) is 8.18. The highest BCUT2D eigenvalue weighted by Gasteiger charge is 2.23. The Balaban J connectivity index is 1.47. The second kappa shape index (κ2) is 9.73. The van der Waals surface area contributed by atoms with Gasteiger partial charge in [0.2, 0.25) is 5.91 Å². The molecule has 0 saturated heterocycles. The maximum Gasteiger partial charge on any atom is 0.262 e. The van der Waals surface area contributed by atoms with Crippen molar-refractivity contribution in [1.82, 2.24) is 9.55 Å². The molecule has 0 radical (unpaired) electrons. The number of hydrogen-bond acceptors (Lipinski definition) is 5. The van der Waals surface area contributed by atoms with Gasteiger partial charge < -0.3 is 9.64 Å². The molecule has 0 spiro atoms. The van der Waals surface area contributed by atoms with Crippen LogP contribution in [0.25, 0.3) is 10.9 Å². The Hall–Kier alpha value is -3.58. The number of rotatable bonds is 6. The van der Waals surface area contributed by atoms with E-state index in [0.717, 1.165) is 24.1 Å². The summed E-state index contributed by atoms with van der Waals surface area (Å²) in [5.74, 6) is 0.924. The molecule has 1 aliphatic rings. The third kappa shape index (κ3) is 4.31. The molecule has 1 aromatic heterocycles. The highest BCUT2D eigenvalue weighted by atomic mass is 32.2. The Kier molecular flexibility index (Phi) is 6.36. The zero-order valence-electron chi connectivity index (χ0n) is 18.9. The van der Waals surface area contributed by atoms with Gasteiger partial charge in [0, 0.05) is 17.8 Å². The van der Waals surface area contributed by atoms with Gasteiger partial charge in [-0.15, -0.1) is 0 Å². The summed E-state index contributed by atoms with van der Waals surface area (Å²) in [4.78, 5) is 33.3. The van der Waals surface area contributed by atoms with Crippen molar-refractivity contribution >= 4 is 34.3 Å². The van der Waals surface area contributed by atoms with Gasteiger partial charge in [0.25, 0.3) is 5.56 Å². The maximum atomic E-state index is 13.4. The fourth-order valence-electron chi connectivity index (χ4n) is 4.40. The summed E-state index contributed by atoms with van der Waals surface area (Å²) < 4.78 is 7.13. The smallest absolute Gasteiger partial charge is 0.262 e. The van der Waals surface area contributed by atoms with Gasteiger partial charge in [0.1, 0.15) is 5.75 Å². The van der Waals surface area contributed by atoms with Crippen LogP contribution in [0.15, 0.2) is 82.7 Å². The number of methoxy groups -OCH3 is 1. The molecule has 4 aromatic rings. The monoisotopic (exact) mass is 471 g/mol. The third-order valence-corrected chi connectivity index (χ3v) is 7.04. The minimum atomic E-state index is -0.130. The Bertz CT molecular complexity index is 1420. The molecule has 0 saturated carbocycles. The zero-order chi connectivity index (χ0) is 23.5. The SMILES string of the molecule is COc1ccccc1Cn1c(SCC(=O)N2CCCc3ccccc32)nc2ccccc2c1=O. The molecule has 3 aromatic carbocycles. The number of anilines is 1. The number of ether oxygens (including phenoxy) is 1. The van der Waals surface area contributed by atoms with Crippen LogP contribution in [0.3, 0.4) is 0 Å². The third-order valence-electron chi connectivity index (χ3n) is 6.08. The summed E-state index contributed by atoms with van der Waals surface area (Å²) in [5.41, 5.74) is 3.56. The first kappa shape index (κ1) is 22.2. The van der Waals surface area contributed by atoms with E-state index in [0.29, 0.717) is 34.9 Å². The second-order valence-corrected chi connectivity index (χ2v) is 9.12. The average Bonchev–Trinajstić information content (AvgIpc) is 2.89. The van der Waals surface area contributed by atoms with E-state index in [1.807, 2.05) is 65.6 Å². The number of thioether (sulfide) groups is 1. The first-order chi connectivity index (χ1) is 16.7. The highest BCUT2D eigenvalue weighted by Crippen LogP contribution is 2.28. The molecule has 0 atom stereocenters. The molecule has 0 aliphatic carbocycles. The highest BCUT2D eigenvalue weighted by molar-refractivity contribution is 7.99. The number of carbonyl (C=O) groups is 1. The van der Waals surface area contributed by atoms with Gasteiger partial charge in [-0.25, -0.2) is 4.98 Å². The van der Waals surface area contributed by atoms with Crippen LogP contribution in [0.1, 0.15) is 17.5 Å². The number of hydrogen-bond donors (Lipinski definition) is 0. The Morgan fingerprint density at radius 2 is 1.79 bits per heavy atom. The van der Waals surface area contributed by atoms with E-state index in [1.165, 1.54) is 17.3 Å². The van der Waals surface area contributed by atoms with Crippen LogP contribution < -0.4 is 15.2 Å². The number of carbonyl (C=O) groups excluding carboxylic acids is 1. The van der Waals surface area contributed by atoms with Crippen molar-refractivity contribution in [2.24, 2.45) is 0 Å². The molecular formula is C27H25N3O3S. The van der Waals surface area contributed by atoms with E-state index in [2.05, 4.69) is 6.07 Å². The van der Waals surface area contributed by atoms with Crippen molar-refractivity contribution in [1.29, 1.82) is 0 Å². The van der Waals surface area contributed by atoms with Gasteiger partial charge in [-0.05, 0) is 42.7 Å².